The quantitative estimate of drug-likeness (QED) is 0.825. The molecule has 2 heterocycles. The van der Waals surface area contributed by atoms with E-state index in [0.717, 1.165) is 25.1 Å². The van der Waals surface area contributed by atoms with Crippen LogP contribution in [0.25, 0.3) is 0 Å². The standard InChI is InChI=1S/C14H29N3O2S2/c1-12(2)15-9-14-5-4-6-16(11-14)21(18,19)17-7-8-20-13(3)10-17/h12-15H,4-11H2,1-3H3. The maximum Gasteiger partial charge on any atom is 0.282 e. The van der Waals surface area contributed by atoms with Crippen LogP contribution in [0.1, 0.15) is 33.6 Å². The van der Waals surface area contributed by atoms with E-state index in [0.29, 0.717) is 43.4 Å². The number of hydrogen-bond acceptors (Lipinski definition) is 4. The number of piperidine rings is 1. The molecule has 0 spiro atoms. The van der Waals surface area contributed by atoms with Gasteiger partial charge in [-0.05, 0) is 25.3 Å². The molecule has 2 aliphatic heterocycles. The zero-order valence-electron chi connectivity index (χ0n) is 13.4. The molecule has 2 atom stereocenters. The molecular weight excluding hydrogens is 306 g/mol. The fourth-order valence-electron chi connectivity index (χ4n) is 2.96. The summed E-state index contributed by atoms with van der Waals surface area (Å²) in [5, 5.41) is 3.84. The van der Waals surface area contributed by atoms with Gasteiger partial charge in [0, 0.05) is 43.2 Å². The highest BCUT2D eigenvalue weighted by atomic mass is 32.2. The number of hydrogen-bond donors (Lipinski definition) is 1. The molecule has 0 aromatic heterocycles. The van der Waals surface area contributed by atoms with E-state index >= 15 is 0 Å². The lowest BCUT2D eigenvalue weighted by atomic mass is 9.99. The molecule has 7 heteroatoms. The Kier molecular flexibility index (Phi) is 6.38. The highest BCUT2D eigenvalue weighted by Gasteiger charge is 2.35. The molecule has 21 heavy (non-hydrogen) atoms. The van der Waals surface area contributed by atoms with Crippen LogP contribution >= 0.6 is 11.8 Å². The lowest BCUT2D eigenvalue weighted by Gasteiger charge is -2.38. The van der Waals surface area contributed by atoms with Gasteiger partial charge in [-0.25, -0.2) is 0 Å². The van der Waals surface area contributed by atoms with Crippen LogP contribution < -0.4 is 5.32 Å². The van der Waals surface area contributed by atoms with Crippen molar-refractivity contribution in [3.63, 3.8) is 0 Å². The molecule has 0 radical (unpaired) electrons. The van der Waals surface area contributed by atoms with Gasteiger partial charge in [0.15, 0.2) is 0 Å². The molecule has 124 valence electrons. The Morgan fingerprint density at radius 2 is 1.95 bits per heavy atom. The molecule has 2 rings (SSSR count). The molecule has 2 fully saturated rings. The summed E-state index contributed by atoms with van der Waals surface area (Å²) in [6.45, 7) is 9.93. The first kappa shape index (κ1) is 17.5. The number of rotatable bonds is 5. The smallest absolute Gasteiger partial charge is 0.282 e. The average Bonchev–Trinajstić information content (AvgIpc) is 2.45. The zero-order chi connectivity index (χ0) is 15.5. The normalized spacial score (nSPS) is 29.9. The molecule has 0 amide bonds. The van der Waals surface area contributed by atoms with Gasteiger partial charge in [0.25, 0.3) is 10.2 Å². The van der Waals surface area contributed by atoms with Gasteiger partial charge in [-0.1, -0.05) is 20.8 Å². The van der Waals surface area contributed by atoms with E-state index in [1.54, 1.807) is 8.61 Å². The second-order valence-electron chi connectivity index (χ2n) is 6.48. The number of nitrogens with one attached hydrogen (secondary N) is 1. The fraction of sp³-hybridized carbons (Fsp3) is 1.00. The Balaban J connectivity index is 1.95. The van der Waals surface area contributed by atoms with Crippen molar-refractivity contribution in [3.05, 3.63) is 0 Å². The van der Waals surface area contributed by atoms with Crippen LogP contribution in [0.2, 0.25) is 0 Å². The SMILES string of the molecule is CC(C)NCC1CCCN(S(=O)(=O)N2CCSC(C)C2)C1. The van der Waals surface area contributed by atoms with Gasteiger partial charge in [0.05, 0.1) is 0 Å². The average molecular weight is 336 g/mol. The van der Waals surface area contributed by atoms with Crippen LogP contribution in [0.5, 0.6) is 0 Å². The van der Waals surface area contributed by atoms with Gasteiger partial charge in [0.1, 0.15) is 0 Å². The molecule has 0 saturated carbocycles. The molecule has 0 aliphatic carbocycles. The highest BCUT2D eigenvalue weighted by molar-refractivity contribution is 8.00. The molecule has 1 N–H and O–H groups in total. The molecule has 2 unspecified atom stereocenters. The molecule has 0 aromatic carbocycles. The first-order valence-electron chi connectivity index (χ1n) is 8.00. The van der Waals surface area contributed by atoms with Gasteiger partial charge in [-0.15, -0.1) is 0 Å². The minimum Gasteiger partial charge on any atom is -0.314 e. The van der Waals surface area contributed by atoms with Crippen molar-refractivity contribution in [1.82, 2.24) is 13.9 Å². The largest absolute Gasteiger partial charge is 0.314 e. The summed E-state index contributed by atoms with van der Waals surface area (Å²) in [6, 6.07) is 0.456. The van der Waals surface area contributed by atoms with E-state index in [1.807, 2.05) is 11.8 Å². The summed E-state index contributed by atoms with van der Waals surface area (Å²) >= 11 is 1.86. The van der Waals surface area contributed by atoms with Crippen molar-refractivity contribution in [2.24, 2.45) is 5.92 Å². The zero-order valence-corrected chi connectivity index (χ0v) is 15.0. The Morgan fingerprint density at radius 1 is 1.24 bits per heavy atom. The van der Waals surface area contributed by atoms with Crippen LogP contribution in [0.3, 0.4) is 0 Å². The predicted molar refractivity (Wildman–Crippen MR) is 89.8 cm³/mol. The highest BCUT2D eigenvalue weighted by Crippen LogP contribution is 2.25. The second-order valence-corrected chi connectivity index (χ2v) is 9.95. The van der Waals surface area contributed by atoms with Crippen molar-refractivity contribution in [1.29, 1.82) is 0 Å². The third-order valence-corrected chi connectivity index (χ3v) is 7.26. The third-order valence-electron chi connectivity index (χ3n) is 4.15. The van der Waals surface area contributed by atoms with Crippen LogP contribution in [-0.2, 0) is 10.2 Å². The van der Waals surface area contributed by atoms with Gasteiger partial charge >= 0.3 is 0 Å². The van der Waals surface area contributed by atoms with Crippen molar-refractivity contribution >= 4 is 22.0 Å². The van der Waals surface area contributed by atoms with Crippen LogP contribution in [0.4, 0.5) is 0 Å². The van der Waals surface area contributed by atoms with Crippen molar-refractivity contribution in [2.75, 3.05) is 38.5 Å². The van der Waals surface area contributed by atoms with Crippen molar-refractivity contribution < 1.29 is 8.42 Å². The van der Waals surface area contributed by atoms with Crippen LogP contribution in [0, 0.1) is 5.92 Å². The lowest BCUT2D eigenvalue weighted by Crippen LogP contribution is -2.52. The van der Waals surface area contributed by atoms with Crippen molar-refractivity contribution in [3.8, 4) is 0 Å². The maximum atomic E-state index is 12.8. The maximum absolute atomic E-state index is 12.8. The second kappa shape index (κ2) is 7.64. The Bertz CT molecular complexity index is 428. The number of nitrogens with zero attached hydrogens (tertiary/aromatic N) is 2. The summed E-state index contributed by atoms with van der Waals surface area (Å²) in [6.07, 6.45) is 2.10. The molecular formula is C14H29N3O2S2. The minimum absolute atomic E-state index is 0.400. The van der Waals surface area contributed by atoms with Gasteiger partial charge in [0.2, 0.25) is 0 Å². The van der Waals surface area contributed by atoms with E-state index in [-0.39, 0.29) is 0 Å². The van der Waals surface area contributed by atoms with Gasteiger partial charge in [-0.2, -0.15) is 28.8 Å². The van der Waals surface area contributed by atoms with Gasteiger partial charge in [-0.3, -0.25) is 0 Å². The predicted octanol–water partition coefficient (Wildman–Crippen LogP) is 1.38. The molecule has 2 aliphatic rings. The third kappa shape index (κ3) is 4.82. The first-order valence-corrected chi connectivity index (χ1v) is 10.4. The summed E-state index contributed by atoms with van der Waals surface area (Å²) in [5.74, 6) is 1.35. The summed E-state index contributed by atoms with van der Waals surface area (Å²) in [7, 11) is -3.26. The van der Waals surface area contributed by atoms with E-state index in [1.165, 1.54) is 0 Å². The molecule has 5 nitrogen and oxygen atoms in total. The van der Waals surface area contributed by atoms with Crippen molar-refractivity contribution in [2.45, 2.75) is 44.9 Å². The monoisotopic (exact) mass is 335 g/mol. The minimum atomic E-state index is -3.26. The number of thioether (sulfide) groups is 1. The van der Waals surface area contributed by atoms with E-state index < -0.39 is 10.2 Å². The topological polar surface area (TPSA) is 52.7 Å². The van der Waals surface area contributed by atoms with Crippen LogP contribution in [0.15, 0.2) is 0 Å². The van der Waals surface area contributed by atoms with Gasteiger partial charge < -0.3 is 5.32 Å². The van der Waals surface area contributed by atoms with Crippen LogP contribution in [-0.4, -0.2) is 66.8 Å². The first-order chi connectivity index (χ1) is 9.89. The molecule has 2 saturated heterocycles. The Labute approximate surface area is 134 Å². The van der Waals surface area contributed by atoms with E-state index in [4.69, 9.17) is 0 Å². The molecule has 0 bridgehead atoms. The van der Waals surface area contributed by atoms with E-state index in [2.05, 4.69) is 26.1 Å². The molecule has 0 aromatic rings. The fourth-order valence-corrected chi connectivity index (χ4v) is 6.01. The summed E-state index contributed by atoms with van der Waals surface area (Å²) in [4.78, 5) is 0. The lowest BCUT2D eigenvalue weighted by molar-refractivity contribution is 0.240. The Hall–Kier alpha value is 0.180. The van der Waals surface area contributed by atoms with E-state index in [9.17, 15) is 8.42 Å². The summed E-state index contributed by atoms with van der Waals surface area (Å²) in [5.41, 5.74) is 0. The summed E-state index contributed by atoms with van der Waals surface area (Å²) < 4.78 is 29.0. The Morgan fingerprint density at radius 3 is 2.62 bits per heavy atom.